The van der Waals surface area contributed by atoms with Gasteiger partial charge in [-0.2, -0.15) is 0 Å². The molecule has 0 aliphatic heterocycles. The zero-order valence-electron chi connectivity index (χ0n) is 12.9. The molecule has 0 spiro atoms. The molecule has 106 valence electrons. The van der Waals surface area contributed by atoms with Crippen molar-refractivity contribution in [3.8, 4) is 0 Å². The molecule has 0 saturated heterocycles. The van der Waals surface area contributed by atoms with Gasteiger partial charge in [0.1, 0.15) is 0 Å². The van der Waals surface area contributed by atoms with E-state index in [4.69, 9.17) is 0 Å². The SMILES string of the molecule is CNC1C(Sc2ccc(C(C)C)cc2)CCC1(C)C. The number of hydrogen-bond donors (Lipinski definition) is 1. The first-order valence-electron chi connectivity index (χ1n) is 7.38. The van der Waals surface area contributed by atoms with E-state index in [1.807, 2.05) is 11.8 Å². The summed E-state index contributed by atoms with van der Waals surface area (Å²) in [4.78, 5) is 1.41. The second-order valence-corrected chi connectivity index (χ2v) is 7.99. The standard InChI is InChI=1S/C17H27NS/c1-12(2)13-6-8-14(9-7-13)19-15-10-11-17(3,4)16(15)18-5/h6-9,12,15-16,18H,10-11H2,1-5H3. The van der Waals surface area contributed by atoms with Gasteiger partial charge in [0, 0.05) is 16.2 Å². The van der Waals surface area contributed by atoms with Crippen molar-refractivity contribution in [1.82, 2.24) is 5.32 Å². The van der Waals surface area contributed by atoms with Crippen molar-refractivity contribution in [3.63, 3.8) is 0 Å². The highest BCUT2D eigenvalue weighted by atomic mass is 32.2. The van der Waals surface area contributed by atoms with Crippen molar-refractivity contribution in [2.45, 2.75) is 62.6 Å². The van der Waals surface area contributed by atoms with Gasteiger partial charge < -0.3 is 5.32 Å². The summed E-state index contributed by atoms with van der Waals surface area (Å²) in [5.74, 6) is 0.620. The van der Waals surface area contributed by atoms with E-state index < -0.39 is 0 Å². The summed E-state index contributed by atoms with van der Waals surface area (Å²) < 4.78 is 0. The molecule has 1 aliphatic rings. The summed E-state index contributed by atoms with van der Waals surface area (Å²) in [7, 11) is 2.10. The molecule has 0 aromatic heterocycles. The van der Waals surface area contributed by atoms with Gasteiger partial charge in [-0.25, -0.2) is 0 Å². The van der Waals surface area contributed by atoms with Crippen LogP contribution in [0.4, 0.5) is 0 Å². The minimum absolute atomic E-state index is 0.421. The quantitative estimate of drug-likeness (QED) is 0.857. The van der Waals surface area contributed by atoms with Gasteiger partial charge in [0.2, 0.25) is 0 Å². The average molecular weight is 277 g/mol. The molecule has 1 aromatic rings. The Balaban J connectivity index is 2.05. The number of rotatable bonds is 4. The van der Waals surface area contributed by atoms with Gasteiger partial charge in [-0.05, 0) is 48.9 Å². The lowest BCUT2D eigenvalue weighted by atomic mass is 9.87. The van der Waals surface area contributed by atoms with Crippen molar-refractivity contribution in [3.05, 3.63) is 29.8 Å². The van der Waals surface area contributed by atoms with Crippen LogP contribution in [-0.2, 0) is 0 Å². The first-order valence-corrected chi connectivity index (χ1v) is 8.26. The van der Waals surface area contributed by atoms with Crippen molar-refractivity contribution in [2.24, 2.45) is 5.41 Å². The van der Waals surface area contributed by atoms with E-state index in [1.165, 1.54) is 23.3 Å². The Labute approximate surface area is 122 Å². The largest absolute Gasteiger partial charge is 0.315 e. The third-order valence-electron chi connectivity index (χ3n) is 4.43. The molecule has 0 bridgehead atoms. The van der Waals surface area contributed by atoms with E-state index in [9.17, 15) is 0 Å². The third-order valence-corrected chi connectivity index (χ3v) is 5.79. The Hall–Kier alpha value is -0.470. The van der Waals surface area contributed by atoms with Gasteiger partial charge >= 0.3 is 0 Å². The van der Waals surface area contributed by atoms with Crippen LogP contribution in [0, 0.1) is 5.41 Å². The van der Waals surface area contributed by atoms with Crippen LogP contribution in [0.25, 0.3) is 0 Å². The van der Waals surface area contributed by atoms with Crippen molar-refractivity contribution >= 4 is 11.8 Å². The molecule has 2 heteroatoms. The second kappa shape index (κ2) is 5.88. The van der Waals surface area contributed by atoms with Crippen LogP contribution >= 0.6 is 11.8 Å². The summed E-state index contributed by atoms with van der Waals surface area (Å²) >= 11 is 2.04. The highest BCUT2D eigenvalue weighted by Crippen LogP contribution is 2.44. The topological polar surface area (TPSA) is 12.0 Å². The molecule has 1 aliphatic carbocycles. The average Bonchev–Trinajstić information content (AvgIpc) is 2.64. The number of hydrogen-bond acceptors (Lipinski definition) is 2. The molecular formula is C17H27NS. The van der Waals surface area contributed by atoms with Crippen LogP contribution in [0.2, 0.25) is 0 Å². The first-order chi connectivity index (χ1) is 8.94. The maximum Gasteiger partial charge on any atom is 0.0253 e. The van der Waals surface area contributed by atoms with E-state index in [2.05, 4.69) is 64.3 Å². The Morgan fingerprint density at radius 1 is 1.21 bits per heavy atom. The summed E-state index contributed by atoms with van der Waals surface area (Å²) in [5, 5.41) is 4.23. The normalized spacial score (nSPS) is 26.0. The molecule has 1 fully saturated rings. The maximum atomic E-state index is 3.53. The molecule has 2 rings (SSSR count). The molecule has 2 unspecified atom stereocenters. The van der Waals surface area contributed by atoms with Crippen LogP contribution in [0.5, 0.6) is 0 Å². The summed E-state index contributed by atoms with van der Waals surface area (Å²) in [6.07, 6.45) is 2.63. The van der Waals surface area contributed by atoms with E-state index >= 15 is 0 Å². The van der Waals surface area contributed by atoms with E-state index in [-0.39, 0.29) is 0 Å². The molecule has 1 nitrogen and oxygen atoms in total. The number of thioether (sulfide) groups is 1. The van der Waals surface area contributed by atoms with Gasteiger partial charge in [0.05, 0.1) is 0 Å². The Kier molecular flexibility index (Phi) is 4.62. The van der Waals surface area contributed by atoms with E-state index in [1.54, 1.807) is 0 Å². The highest BCUT2D eigenvalue weighted by Gasteiger charge is 2.41. The molecule has 0 heterocycles. The van der Waals surface area contributed by atoms with Crippen molar-refractivity contribution in [2.75, 3.05) is 7.05 Å². The lowest BCUT2D eigenvalue weighted by molar-refractivity contribution is 0.300. The van der Waals surface area contributed by atoms with Crippen LogP contribution in [0.1, 0.15) is 52.0 Å². The lowest BCUT2D eigenvalue weighted by Crippen LogP contribution is -2.41. The molecule has 1 N–H and O–H groups in total. The molecule has 19 heavy (non-hydrogen) atoms. The third kappa shape index (κ3) is 3.35. The fourth-order valence-electron chi connectivity index (χ4n) is 3.15. The first kappa shape index (κ1) is 14.9. The van der Waals surface area contributed by atoms with E-state index in [0.29, 0.717) is 22.6 Å². The van der Waals surface area contributed by atoms with Gasteiger partial charge in [-0.15, -0.1) is 11.8 Å². The maximum absolute atomic E-state index is 3.53. The van der Waals surface area contributed by atoms with Crippen LogP contribution in [-0.4, -0.2) is 18.3 Å². The molecular weight excluding hydrogens is 250 g/mol. The number of benzene rings is 1. The lowest BCUT2D eigenvalue weighted by Gasteiger charge is -2.30. The van der Waals surface area contributed by atoms with Crippen LogP contribution < -0.4 is 5.32 Å². The zero-order valence-corrected chi connectivity index (χ0v) is 13.7. The monoisotopic (exact) mass is 277 g/mol. The smallest absolute Gasteiger partial charge is 0.0253 e. The minimum Gasteiger partial charge on any atom is -0.315 e. The Morgan fingerprint density at radius 2 is 1.84 bits per heavy atom. The van der Waals surface area contributed by atoms with Gasteiger partial charge in [0.25, 0.3) is 0 Å². The summed E-state index contributed by atoms with van der Waals surface area (Å²) in [6, 6.07) is 9.75. The summed E-state index contributed by atoms with van der Waals surface area (Å²) in [5.41, 5.74) is 1.85. The second-order valence-electron chi connectivity index (χ2n) is 6.67. The van der Waals surface area contributed by atoms with Crippen LogP contribution in [0.3, 0.4) is 0 Å². The van der Waals surface area contributed by atoms with Gasteiger partial charge in [0.15, 0.2) is 0 Å². The molecule has 1 saturated carbocycles. The summed E-state index contributed by atoms with van der Waals surface area (Å²) in [6.45, 7) is 9.27. The minimum atomic E-state index is 0.421. The van der Waals surface area contributed by atoms with E-state index in [0.717, 1.165) is 0 Å². The van der Waals surface area contributed by atoms with Gasteiger partial charge in [-0.1, -0.05) is 39.8 Å². The molecule has 2 atom stereocenters. The molecule has 0 radical (unpaired) electrons. The predicted octanol–water partition coefficient (Wildman–Crippen LogP) is 4.68. The fourth-order valence-corrected chi connectivity index (χ4v) is 4.67. The Morgan fingerprint density at radius 3 is 2.37 bits per heavy atom. The molecule has 0 amide bonds. The highest BCUT2D eigenvalue weighted by molar-refractivity contribution is 8.00. The number of nitrogens with one attached hydrogen (secondary N) is 1. The Bertz CT molecular complexity index is 408. The zero-order chi connectivity index (χ0) is 14.0. The molecule has 1 aromatic carbocycles. The van der Waals surface area contributed by atoms with Crippen molar-refractivity contribution < 1.29 is 0 Å². The van der Waals surface area contributed by atoms with Gasteiger partial charge in [-0.3, -0.25) is 0 Å². The van der Waals surface area contributed by atoms with Crippen molar-refractivity contribution in [1.29, 1.82) is 0 Å². The predicted molar refractivity (Wildman–Crippen MR) is 86.0 cm³/mol. The van der Waals surface area contributed by atoms with Crippen LogP contribution in [0.15, 0.2) is 29.2 Å². The fraction of sp³-hybridized carbons (Fsp3) is 0.647.